The maximum atomic E-state index is 12.9. The molecule has 0 fully saturated rings. The summed E-state index contributed by atoms with van der Waals surface area (Å²) < 4.78 is 10.0. The highest BCUT2D eigenvalue weighted by molar-refractivity contribution is 7.98. The predicted octanol–water partition coefficient (Wildman–Crippen LogP) is 2.24. The minimum atomic E-state index is -0.232. The van der Waals surface area contributed by atoms with Crippen LogP contribution in [-0.4, -0.2) is 37.3 Å². The molecular weight excluding hydrogens is 366 g/mol. The molecule has 0 aliphatic heterocycles. The van der Waals surface area contributed by atoms with E-state index in [2.05, 4.69) is 16.5 Å². The van der Waals surface area contributed by atoms with Crippen LogP contribution in [-0.2, 0) is 6.54 Å². The smallest absolute Gasteiger partial charge is 0.293 e. The number of ether oxygens (including phenoxy) is 1. The van der Waals surface area contributed by atoms with Gasteiger partial charge >= 0.3 is 0 Å². The molecule has 0 radical (unpaired) electrons. The average Bonchev–Trinajstić information content (AvgIpc) is 2.93. The monoisotopic (exact) mass is 387 g/mol. The van der Waals surface area contributed by atoms with Gasteiger partial charge < -0.3 is 9.30 Å². The van der Waals surface area contributed by atoms with Crippen LogP contribution in [0, 0.1) is 0 Å². The topological polar surface area (TPSA) is 83.9 Å². The van der Waals surface area contributed by atoms with Crippen LogP contribution >= 0.6 is 11.8 Å². The maximum absolute atomic E-state index is 12.9. The summed E-state index contributed by atoms with van der Waals surface area (Å²) in [6.07, 6.45) is 6.73. The quantitative estimate of drug-likeness (QED) is 0.366. The lowest BCUT2D eigenvalue weighted by atomic mass is 10.3. The largest absolute Gasteiger partial charge is 0.491 e. The van der Waals surface area contributed by atoms with E-state index in [4.69, 9.17) is 4.74 Å². The summed E-state index contributed by atoms with van der Waals surface area (Å²) in [7, 11) is 1.45. The molecule has 142 valence electrons. The summed E-state index contributed by atoms with van der Waals surface area (Å²) in [6.45, 7) is 7.83. The van der Waals surface area contributed by atoms with Crippen molar-refractivity contribution in [3.8, 4) is 11.4 Å². The molecule has 3 aromatic rings. The Morgan fingerprint density at radius 2 is 2.07 bits per heavy atom. The molecule has 0 atom stereocenters. The SMILES string of the molecule is C=CCn1c(=O)c2cnc(SC)nc2n1-c1cc(OC)c(=O)n(C(C)C)c1. The normalized spacial score (nSPS) is 11.3. The molecule has 8 nitrogen and oxygen atoms in total. The number of nitrogens with zero attached hydrogens (tertiary/aromatic N) is 5. The van der Waals surface area contributed by atoms with Gasteiger partial charge in [0, 0.05) is 24.5 Å². The Hall–Kier alpha value is -2.81. The first kappa shape index (κ1) is 19.0. The average molecular weight is 387 g/mol. The summed E-state index contributed by atoms with van der Waals surface area (Å²) in [4.78, 5) is 34.1. The number of methoxy groups -OCH3 is 1. The standard InChI is InChI=1S/C18H21N5O3S/c1-6-7-22-16(24)13-9-19-18(27-5)20-15(13)23(22)12-8-14(26-4)17(25)21(10-12)11(2)3/h6,8-11H,1,7H2,2-5H3. The second-order valence-corrected chi connectivity index (χ2v) is 6.93. The molecule has 0 aliphatic rings. The van der Waals surface area contributed by atoms with Gasteiger partial charge in [-0.2, -0.15) is 0 Å². The second kappa shape index (κ2) is 7.43. The van der Waals surface area contributed by atoms with Crippen molar-refractivity contribution >= 4 is 22.8 Å². The first-order chi connectivity index (χ1) is 12.9. The molecule has 0 spiro atoms. The Balaban J connectivity index is 2.44. The van der Waals surface area contributed by atoms with Crippen molar-refractivity contribution < 1.29 is 4.74 Å². The highest BCUT2D eigenvalue weighted by Crippen LogP contribution is 2.21. The zero-order chi connectivity index (χ0) is 19.7. The number of rotatable bonds is 6. The Labute approximate surface area is 160 Å². The maximum Gasteiger partial charge on any atom is 0.293 e. The highest BCUT2D eigenvalue weighted by atomic mass is 32.2. The Morgan fingerprint density at radius 1 is 1.33 bits per heavy atom. The molecule has 27 heavy (non-hydrogen) atoms. The molecule has 0 aliphatic carbocycles. The number of pyridine rings is 1. The molecule has 3 heterocycles. The number of fused-ring (bicyclic) bond motifs is 1. The van der Waals surface area contributed by atoms with Gasteiger partial charge in [-0.15, -0.1) is 6.58 Å². The number of thioether (sulfide) groups is 1. The van der Waals surface area contributed by atoms with Gasteiger partial charge in [-0.1, -0.05) is 17.8 Å². The van der Waals surface area contributed by atoms with Crippen molar-refractivity contribution in [1.29, 1.82) is 0 Å². The van der Waals surface area contributed by atoms with Gasteiger partial charge in [0.05, 0.1) is 19.3 Å². The molecule has 3 rings (SSSR count). The van der Waals surface area contributed by atoms with Crippen LogP contribution in [0.1, 0.15) is 19.9 Å². The number of allylic oxidation sites excluding steroid dienone is 1. The van der Waals surface area contributed by atoms with E-state index in [0.29, 0.717) is 21.9 Å². The van der Waals surface area contributed by atoms with Gasteiger partial charge in [0.25, 0.3) is 11.1 Å². The fourth-order valence-corrected chi connectivity index (χ4v) is 3.20. The third-order valence-electron chi connectivity index (χ3n) is 4.15. The van der Waals surface area contributed by atoms with Crippen LogP contribution in [0.5, 0.6) is 5.75 Å². The van der Waals surface area contributed by atoms with Gasteiger partial charge in [0.1, 0.15) is 5.39 Å². The zero-order valence-corrected chi connectivity index (χ0v) is 16.5. The van der Waals surface area contributed by atoms with Crippen molar-refractivity contribution in [2.45, 2.75) is 31.6 Å². The van der Waals surface area contributed by atoms with Gasteiger partial charge in [-0.05, 0) is 20.1 Å². The molecule has 0 bridgehead atoms. The van der Waals surface area contributed by atoms with Crippen molar-refractivity contribution in [2.75, 3.05) is 13.4 Å². The molecule has 3 aromatic heterocycles. The van der Waals surface area contributed by atoms with Crippen LogP contribution in [0.25, 0.3) is 16.7 Å². The minimum Gasteiger partial charge on any atom is -0.491 e. The molecule has 0 unspecified atom stereocenters. The van der Waals surface area contributed by atoms with Crippen molar-refractivity contribution in [2.24, 2.45) is 0 Å². The number of aromatic nitrogens is 5. The molecule has 0 N–H and O–H groups in total. The van der Waals surface area contributed by atoms with E-state index >= 15 is 0 Å². The van der Waals surface area contributed by atoms with Gasteiger partial charge in [-0.3, -0.25) is 9.59 Å². The van der Waals surface area contributed by atoms with Gasteiger partial charge in [-0.25, -0.2) is 19.3 Å². The molecule has 0 saturated heterocycles. The first-order valence-electron chi connectivity index (χ1n) is 8.36. The van der Waals surface area contributed by atoms with E-state index in [1.54, 1.807) is 27.6 Å². The third-order valence-corrected chi connectivity index (χ3v) is 4.72. The third kappa shape index (κ3) is 3.18. The molecule has 0 saturated carbocycles. The molecule has 0 amide bonds. The van der Waals surface area contributed by atoms with E-state index in [9.17, 15) is 9.59 Å². The van der Waals surface area contributed by atoms with Crippen molar-refractivity contribution in [3.05, 3.63) is 51.8 Å². The van der Waals surface area contributed by atoms with Crippen LogP contribution < -0.4 is 15.9 Å². The Morgan fingerprint density at radius 3 is 2.67 bits per heavy atom. The van der Waals surface area contributed by atoms with Gasteiger partial charge in [0.2, 0.25) is 0 Å². The van der Waals surface area contributed by atoms with E-state index in [1.807, 2.05) is 20.1 Å². The fraction of sp³-hybridized carbons (Fsp3) is 0.333. The summed E-state index contributed by atoms with van der Waals surface area (Å²) >= 11 is 1.39. The van der Waals surface area contributed by atoms with E-state index in [0.717, 1.165) is 0 Å². The summed E-state index contributed by atoms with van der Waals surface area (Å²) in [5.74, 6) is 0.194. The fourth-order valence-electron chi connectivity index (χ4n) is 2.87. The lowest BCUT2D eigenvalue weighted by Gasteiger charge is -2.17. The summed E-state index contributed by atoms with van der Waals surface area (Å²) in [6, 6.07) is 1.53. The van der Waals surface area contributed by atoms with E-state index < -0.39 is 0 Å². The Bertz CT molecular complexity index is 1130. The van der Waals surface area contributed by atoms with Crippen molar-refractivity contribution in [1.82, 2.24) is 23.9 Å². The van der Waals surface area contributed by atoms with E-state index in [-0.39, 0.29) is 29.5 Å². The van der Waals surface area contributed by atoms with E-state index in [1.165, 1.54) is 29.8 Å². The van der Waals surface area contributed by atoms with Crippen LogP contribution in [0.15, 0.2) is 45.9 Å². The zero-order valence-electron chi connectivity index (χ0n) is 15.7. The first-order valence-corrected chi connectivity index (χ1v) is 9.59. The number of hydrogen-bond acceptors (Lipinski definition) is 6. The molecule has 9 heteroatoms. The van der Waals surface area contributed by atoms with Crippen molar-refractivity contribution in [3.63, 3.8) is 0 Å². The minimum absolute atomic E-state index is 0.0795. The Kier molecular flexibility index (Phi) is 5.22. The number of hydrogen-bond donors (Lipinski definition) is 0. The second-order valence-electron chi connectivity index (χ2n) is 6.15. The molecule has 0 aromatic carbocycles. The lowest BCUT2D eigenvalue weighted by molar-refractivity contribution is 0.397. The van der Waals surface area contributed by atoms with Crippen LogP contribution in [0.3, 0.4) is 0 Å². The summed E-state index contributed by atoms with van der Waals surface area (Å²) in [5, 5.41) is 0.951. The highest BCUT2D eigenvalue weighted by Gasteiger charge is 2.19. The van der Waals surface area contributed by atoms with Gasteiger partial charge in [0.15, 0.2) is 16.6 Å². The predicted molar refractivity (Wildman–Crippen MR) is 106 cm³/mol. The molecular formula is C18H21N5O3S. The lowest BCUT2D eigenvalue weighted by Crippen LogP contribution is -2.26. The van der Waals surface area contributed by atoms with Crippen LogP contribution in [0.4, 0.5) is 0 Å². The van der Waals surface area contributed by atoms with Crippen LogP contribution in [0.2, 0.25) is 0 Å². The summed E-state index contributed by atoms with van der Waals surface area (Å²) in [5.41, 5.74) is 0.612.